The zero-order valence-corrected chi connectivity index (χ0v) is 20.1. The van der Waals surface area contributed by atoms with E-state index in [-0.39, 0.29) is 11.8 Å². The molecule has 0 aliphatic rings. The Balaban J connectivity index is 1.63. The normalized spacial score (nSPS) is 12.3. The molecule has 5 aromatic rings. The number of rotatable bonds is 9. The summed E-state index contributed by atoms with van der Waals surface area (Å²) in [7, 11) is 0. The van der Waals surface area contributed by atoms with E-state index in [4.69, 9.17) is 19.1 Å². The van der Waals surface area contributed by atoms with Gasteiger partial charge in [0, 0.05) is 16.3 Å². The number of unbranched alkanes of at least 4 members (excludes halogenated alkanes) is 1. The number of benzene rings is 3. The molecule has 5 rings (SSSR count). The predicted molar refractivity (Wildman–Crippen MR) is 138 cm³/mol. The first-order chi connectivity index (χ1) is 17.2. The lowest BCUT2D eigenvalue weighted by Gasteiger charge is -2.15. The molecular weight excluding hydrogens is 438 g/mol. The van der Waals surface area contributed by atoms with Gasteiger partial charge in [-0.2, -0.15) is 9.97 Å². The van der Waals surface area contributed by atoms with Crippen molar-refractivity contribution in [3.63, 3.8) is 0 Å². The molecule has 35 heavy (non-hydrogen) atoms. The van der Waals surface area contributed by atoms with E-state index in [1.54, 1.807) is 18.2 Å². The van der Waals surface area contributed by atoms with E-state index < -0.39 is 0 Å². The minimum atomic E-state index is 0.108. The lowest BCUT2D eigenvalue weighted by atomic mass is 10.0. The van der Waals surface area contributed by atoms with Crippen LogP contribution < -0.4 is 4.74 Å². The van der Waals surface area contributed by atoms with Gasteiger partial charge >= 0.3 is 6.01 Å². The SMILES string of the molecule is CCCCC(CC)COc1nc(-c2ccccc2O)nc(-c2cccc3oc4ccccc4c23)n1. The molecule has 3 aromatic carbocycles. The number of phenolic OH excluding ortho intramolecular Hbond substituents is 1. The zero-order valence-electron chi connectivity index (χ0n) is 20.1. The summed E-state index contributed by atoms with van der Waals surface area (Å²) in [6.07, 6.45) is 4.47. The molecule has 1 atom stereocenters. The molecule has 0 fully saturated rings. The van der Waals surface area contributed by atoms with E-state index in [1.807, 2.05) is 48.5 Å². The number of para-hydroxylation sites is 2. The third-order valence-electron chi connectivity index (χ3n) is 6.39. The molecule has 0 spiro atoms. The second kappa shape index (κ2) is 10.1. The zero-order chi connectivity index (χ0) is 24.2. The van der Waals surface area contributed by atoms with E-state index in [0.717, 1.165) is 46.8 Å². The Morgan fingerprint density at radius 2 is 1.54 bits per heavy atom. The van der Waals surface area contributed by atoms with Gasteiger partial charge in [-0.15, -0.1) is 0 Å². The van der Waals surface area contributed by atoms with Gasteiger partial charge in [0.15, 0.2) is 11.6 Å². The van der Waals surface area contributed by atoms with Crippen molar-refractivity contribution in [1.29, 1.82) is 0 Å². The quantitative estimate of drug-likeness (QED) is 0.243. The van der Waals surface area contributed by atoms with Gasteiger partial charge < -0.3 is 14.3 Å². The van der Waals surface area contributed by atoms with Gasteiger partial charge in [0.25, 0.3) is 0 Å². The summed E-state index contributed by atoms with van der Waals surface area (Å²) in [5.74, 6) is 1.39. The van der Waals surface area contributed by atoms with Crippen molar-refractivity contribution >= 4 is 21.9 Å². The van der Waals surface area contributed by atoms with Gasteiger partial charge in [-0.3, -0.25) is 0 Å². The Morgan fingerprint density at radius 1 is 0.829 bits per heavy atom. The van der Waals surface area contributed by atoms with Crippen LogP contribution in [0.1, 0.15) is 39.5 Å². The Hall–Kier alpha value is -3.93. The first-order valence-corrected chi connectivity index (χ1v) is 12.3. The standard InChI is InChI=1S/C29H29N3O3/c1-3-5-11-19(4-2)18-34-29-31-27(20-12-6-8-15-23(20)33)30-28(32-29)22-14-10-17-25-26(22)21-13-7-9-16-24(21)35-25/h6-10,12-17,19,33H,3-5,11,18H2,1-2H3. The first kappa shape index (κ1) is 22.8. The summed E-state index contributed by atoms with van der Waals surface area (Å²) in [6.45, 7) is 4.92. The average molecular weight is 468 g/mol. The van der Waals surface area contributed by atoms with Crippen LogP contribution in [0.2, 0.25) is 0 Å². The molecule has 2 aromatic heterocycles. The van der Waals surface area contributed by atoms with Crippen molar-refractivity contribution in [3.05, 3.63) is 66.7 Å². The van der Waals surface area contributed by atoms with Crippen molar-refractivity contribution in [1.82, 2.24) is 15.0 Å². The number of hydrogen-bond donors (Lipinski definition) is 1. The molecule has 0 radical (unpaired) electrons. The minimum Gasteiger partial charge on any atom is -0.507 e. The summed E-state index contributed by atoms with van der Waals surface area (Å²) in [5, 5.41) is 12.4. The van der Waals surface area contributed by atoms with E-state index in [0.29, 0.717) is 29.7 Å². The summed E-state index contributed by atoms with van der Waals surface area (Å²) < 4.78 is 12.2. The highest BCUT2D eigenvalue weighted by Crippen LogP contribution is 2.36. The first-order valence-electron chi connectivity index (χ1n) is 12.3. The van der Waals surface area contributed by atoms with Crippen LogP contribution in [0.4, 0.5) is 0 Å². The molecule has 1 unspecified atom stereocenters. The van der Waals surface area contributed by atoms with Gasteiger partial charge in [0.2, 0.25) is 0 Å². The Morgan fingerprint density at radius 3 is 2.34 bits per heavy atom. The third kappa shape index (κ3) is 4.69. The summed E-state index contributed by atoms with van der Waals surface area (Å²) in [6, 6.07) is 21.1. The van der Waals surface area contributed by atoms with Gasteiger partial charge in [-0.25, -0.2) is 4.98 Å². The maximum atomic E-state index is 10.5. The van der Waals surface area contributed by atoms with Gasteiger partial charge in [-0.1, -0.05) is 75.6 Å². The summed E-state index contributed by atoms with van der Waals surface area (Å²) in [5.41, 5.74) is 2.93. The Labute approximate surface area is 204 Å². The molecule has 0 saturated heterocycles. The average Bonchev–Trinajstić information content (AvgIpc) is 3.28. The van der Waals surface area contributed by atoms with Gasteiger partial charge in [0.05, 0.1) is 12.2 Å². The number of aromatic nitrogens is 3. The van der Waals surface area contributed by atoms with E-state index in [2.05, 4.69) is 18.8 Å². The molecule has 0 bridgehead atoms. The number of phenols is 1. The van der Waals surface area contributed by atoms with Crippen LogP contribution >= 0.6 is 0 Å². The third-order valence-corrected chi connectivity index (χ3v) is 6.39. The predicted octanol–water partition coefficient (Wildman–Crippen LogP) is 7.41. The fourth-order valence-electron chi connectivity index (χ4n) is 4.38. The number of nitrogens with zero attached hydrogens (tertiary/aromatic N) is 3. The van der Waals surface area contributed by atoms with Crippen molar-refractivity contribution in [2.45, 2.75) is 39.5 Å². The van der Waals surface area contributed by atoms with Crippen LogP contribution in [0.15, 0.2) is 71.1 Å². The van der Waals surface area contributed by atoms with Crippen LogP contribution in [0, 0.1) is 5.92 Å². The fourth-order valence-corrected chi connectivity index (χ4v) is 4.38. The number of fused-ring (bicyclic) bond motifs is 3. The van der Waals surface area contributed by atoms with Gasteiger partial charge in [-0.05, 0) is 36.6 Å². The van der Waals surface area contributed by atoms with Crippen LogP contribution in [-0.2, 0) is 0 Å². The largest absolute Gasteiger partial charge is 0.507 e. The topological polar surface area (TPSA) is 81.3 Å². The molecule has 1 N–H and O–H groups in total. The second-order valence-electron chi connectivity index (χ2n) is 8.79. The summed E-state index contributed by atoms with van der Waals surface area (Å²) >= 11 is 0. The minimum absolute atomic E-state index is 0.108. The highest BCUT2D eigenvalue weighted by Gasteiger charge is 2.19. The number of hydrogen-bond acceptors (Lipinski definition) is 6. The Kier molecular flexibility index (Phi) is 6.62. The van der Waals surface area contributed by atoms with Crippen molar-refractivity contribution < 1.29 is 14.3 Å². The smallest absolute Gasteiger partial charge is 0.320 e. The molecule has 6 heteroatoms. The lowest BCUT2D eigenvalue weighted by Crippen LogP contribution is -2.13. The molecule has 0 saturated carbocycles. The van der Waals surface area contributed by atoms with Crippen LogP contribution in [0.5, 0.6) is 11.8 Å². The number of aromatic hydroxyl groups is 1. The highest BCUT2D eigenvalue weighted by atomic mass is 16.5. The molecule has 2 heterocycles. The molecular formula is C29H29N3O3. The molecule has 178 valence electrons. The molecule has 0 aliphatic carbocycles. The summed E-state index contributed by atoms with van der Waals surface area (Å²) in [4.78, 5) is 14.1. The fraction of sp³-hybridized carbons (Fsp3) is 0.276. The van der Waals surface area contributed by atoms with Crippen molar-refractivity contribution in [2.75, 3.05) is 6.61 Å². The highest BCUT2D eigenvalue weighted by molar-refractivity contribution is 6.11. The molecule has 6 nitrogen and oxygen atoms in total. The van der Waals surface area contributed by atoms with E-state index in [1.165, 1.54) is 6.42 Å². The van der Waals surface area contributed by atoms with Crippen LogP contribution in [0.25, 0.3) is 44.7 Å². The number of ether oxygens (including phenoxy) is 1. The van der Waals surface area contributed by atoms with Crippen LogP contribution in [-0.4, -0.2) is 26.7 Å². The molecule has 0 amide bonds. The van der Waals surface area contributed by atoms with E-state index >= 15 is 0 Å². The lowest BCUT2D eigenvalue weighted by molar-refractivity contribution is 0.217. The number of furan rings is 1. The van der Waals surface area contributed by atoms with E-state index in [9.17, 15) is 5.11 Å². The van der Waals surface area contributed by atoms with Crippen molar-refractivity contribution in [3.8, 4) is 34.5 Å². The second-order valence-corrected chi connectivity index (χ2v) is 8.79. The van der Waals surface area contributed by atoms with Crippen molar-refractivity contribution in [2.24, 2.45) is 5.92 Å². The van der Waals surface area contributed by atoms with Crippen LogP contribution in [0.3, 0.4) is 0 Å². The Bertz CT molecular complexity index is 1460. The maximum Gasteiger partial charge on any atom is 0.320 e. The molecule has 0 aliphatic heterocycles. The monoisotopic (exact) mass is 467 g/mol. The van der Waals surface area contributed by atoms with Gasteiger partial charge in [0.1, 0.15) is 16.9 Å². The maximum absolute atomic E-state index is 10.5.